The first-order chi connectivity index (χ1) is 10.4. The lowest BCUT2D eigenvalue weighted by Crippen LogP contribution is -2.22. The Kier molecular flexibility index (Phi) is 3.59. The lowest BCUT2D eigenvalue weighted by Gasteiger charge is -2.25. The van der Waals surface area contributed by atoms with Crippen LogP contribution >= 0.6 is 0 Å². The van der Waals surface area contributed by atoms with Crippen LogP contribution in [0.15, 0.2) is 48.5 Å². The maximum atomic E-state index is 12.3. The second-order valence-corrected chi connectivity index (χ2v) is 6.03. The minimum absolute atomic E-state index is 0.0173. The van der Waals surface area contributed by atoms with Crippen molar-refractivity contribution in [2.75, 3.05) is 0 Å². The molecule has 0 bridgehead atoms. The van der Waals surface area contributed by atoms with Crippen molar-refractivity contribution in [2.24, 2.45) is 5.14 Å². The van der Waals surface area contributed by atoms with Gasteiger partial charge in [-0.3, -0.25) is 4.79 Å². The Hall–Kier alpha value is -2.38. The summed E-state index contributed by atoms with van der Waals surface area (Å²) in [5.41, 5.74) is 1.19. The first-order valence-electron chi connectivity index (χ1n) is 6.53. The van der Waals surface area contributed by atoms with Gasteiger partial charge in [-0.1, -0.05) is 30.3 Å². The second kappa shape index (κ2) is 5.43. The van der Waals surface area contributed by atoms with Crippen molar-refractivity contribution in [3.8, 4) is 11.5 Å². The molecule has 0 radical (unpaired) electrons. The Morgan fingerprint density at radius 2 is 1.86 bits per heavy atom. The van der Waals surface area contributed by atoms with Gasteiger partial charge in [0.2, 0.25) is 0 Å². The van der Waals surface area contributed by atoms with Crippen LogP contribution in [0.5, 0.6) is 11.5 Å². The van der Waals surface area contributed by atoms with E-state index in [0.29, 0.717) is 5.75 Å². The largest absolute Gasteiger partial charge is 0.484 e. The maximum absolute atomic E-state index is 12.3. The minimum atomic E-state index is -4.13. The van der Waals surface area contributed by atoms with Crippen molar-refractivity contribution < 1.29 is 22.1 Å². The number of benzene rings is 2. The number of rotatable bonds is 3. The molecule has 6 nitrogen and oxygen atoms in total. The molecule has 0 aromatic heterocycles. The Morgan fingerprint density at radius 1 is 1.14 bits per heavy atom. The number of carbonyl (C=O) groups is 1. The first-order valence-corrected chi connectivity index (χ1v) is 8.00. The number of carbonyl (C=O) groups excluding carboxylic acids is 1. The van der Waals surface area contributed by atoms with Crippen molar-refractivity contribution >= 4 is 16.1 Å². The zero-order valence-electron chi connectivity index (χ0n) is 11.4. The topological polar surface area (TPSA) is 95.7 Å². The number of Topliss-reactive ketones (excluding diaryl/α,β-unsaturated/α-hetero) is 1. The summed E-state index contributed by atoms with van der Waals surface area (Å²) in [4.78, 5) is 12.3. The van der Waals surface area contributed by atoms with E-state index >= 15 is 0 Å². The highest BCUT2D eigenvalue weighted by atomic mass is 32.2. The minimum Gasteiger partial charge on any atom is -0.484 e. The Bertz CT molecular complexity index is 817. The predicted octanol–water partition coefficient (Wildman–Crippen LogP) is 1.98. The van der Waals surface area contributed by atoms with Crippen molar-refractivity contribution in [3.05, 3.63) is 59.7 Å². The number of hydrogen-bond donors (Lipinski definition) is 1. The van der Waals surface area contributed by atoms with E-state index in [-0.39, 0.29) is 29.6 Å². The Labute approximate surface area is 127 Å². The molecule has 0 aliphatic carbocycles. The van der Waals surface area contributed by atoms with Crippen LogP contribution in [0.2, 0.25) is 0 Å². The van der Waals surface area contributed by atoms with Crippen LogP contribution in [-0.4, -0.2) is 14.2 Å². The zero-order chi connectivity index (χ0) is 15.7. The van der Waals surface area contributed by atoms with Crippen molar-refractivity contribution in [2.45, 2.75) is 12.5 Å². The van der Waals surface area contributed by atoms with E-state index in [2.05, 4.69) is 4.18 Å². The number of ether oxygens (including phenoxy) is 1. The molecule has 0 saturated heterocycles. The van der Waals surface area contributed by atoms with E-state index < -0.39 is 10.3 Å². The van der Waals surface area contributed by atoms with E-state index in [1.165, 1.54) is 18.2 Å². The molecule has 3 rings (SSSR count). The maximum Gasteiger partial charge on any atom is 0.380 e. The van der Waals surface area contributed by atoms with Gasteiger partial charge in [0, 0.05) is 0 Å². The van der Waals surface area contributed by atoms with Gasteiger partial charge in [0.25, 0.3) is 0 Å². The van der Waals surface area contributed by atoms with Crippen molar-refractivity contribution in [3.63, 3.8) is 0 Å². The summed E-state index contributed by atoms with van der Waals surface area (Å²) >= 11 is 0. The van der Waals surface area contributed by atoms with Crippen LogP contribution < -0.4 is 14.1 Å². The molecule has 0 fully saturated rings. The normalized spacial score (nSPS) is 17.5. The third-order valence-corrected chi connectivity index (χ3v) is 3.70. The number of ketones is 1. The Morgan fingerprint density at radius 3 is 2.55 bits per heavy atom. The lowest BCUT2D eigenvalue weighted by atomic mass is 9.96. The molecule has 2 N–H and O–H groups in total. The molecular formula is C15H13NO5S. The molecule has 0 saturated carbocycles. The molecule has 0 spiro atoms. The van der Waals surface area contributed by atoms with Gasteiger partial charge in [0.05, 0.1) is 12.0 Å². The summed E-state index contributed by atoms with van der Waals surface area (Å²) < 4.78 is 32.2. The van der Waals surface area contributed by atoms with Crippen LogP contribution in [0.1, 0.15) is 28.4 Å². The molecule has 22 heavy (non-hydrogen) atoms. The third-order valence-electron chi connectivity index (χ3n) is 3.28. The van der Waals surface area contributed by atoms with Crippen LogP contribution in [0, 0.1) is 0 Å². The van der Waals surface area contributed by atoms with E-state index in [4.69, 9.17) is 9.88 Å². The van der Waals surface area contributed by atoms with E-state index in [0.717, 1.165) is 5.56 Å². The number of hydrogen-bond acceptors (Lipinski definition) is 5. The smallest absolute Gasteiger partial charge is 0.380 e. The summed E-state index contributed by atoms with van der Waals surface area (Å²) in [7, 11) is -4.13. The average Bonchev–Trinajstić information content (AvgIpc) is 2.47. The predicted molar refractivity (Wildman–Crippen MR) is 78.9 cm³/mol. The van der Waals surface area contributed by atoms with Gasteiger partial charge in [-0.25, -0.2) is 0 Å². The molecule has 1 atom stereocenters. The van der Waals surface area contributed by atoms with Crippen LogP contribution in [0.3, 0.4) is 0 Å². The SMILES string of the molecule is NS(=O)(=O)Oc1ccc2c(c1)C(=O)C[C@@H](c1ccccc1)O2. The van der Waals surface area contributed by atoms with Gasteiger partial charge in [-0.15, -0.1) is 0 Å². The van der Waals surface area contributed by atoms with Gasteiger partial charge in [-0.05, 0) is 23.8 Å². The van der Waals surface area contributed by atoms with Crippen LogP contribution in [0.4, 0.5) is 0 Å². The van der Waals surface area contributed by atoms with E-state index in [9.17, 15) is 13.2 Å². The molecule has 114 valence electrons. The highest BCUT2D eigenvalue weighted by molar-refractivity contribution is 7.84. The van der Waals surface area contributed by atoms with E-state index in [1.807, 2.05) is 30.3 Å². The lowest BCUT2D eigenvalue weighted by molar-refractivity contribution is 0.0849. The molecule has 7 heteroatoms. The molecule has 0 amide bonds. The molecule has 0 unspecified atom stereocenters. The molecule has 2 aromatic rings. The summed E-state index contributed by atoms with van der Waals surface area (Å²) in [5.74, 6) is 0.234. The van der Waals surface area contributed by atoms with Crippen LogP contribution in [-0.2, 0) is 10.3 Å². The summed E-state index contributed by atoms with van der Waals surface area (Å²) in [6, 6.07) is 13.6. The molecule has 1 aliphatic heterocycles. The summed E-state index contributed by atoms with van der Waals surface area (Å²) in [6.07, 6.45) is -0.179. The van der Waals surface area contributed by atoms with Gasteiger partial charge >= 0.3 is 10.3 Å². The quantitative estimate of drug-likeness (QED) is 0.933. The van der Waals surface area contributed by atoms with Gasteiger partial charge in [0.1, 0.15) is 17.6 Å². The number of fused-ring (bicyclic) bond motifs is 1. The highest BCUT2D eigenvalue weighted by Crippen LogP contribution is 2.36. The fourth-order valence-electron chi connectivity index (χ4n) is 2.34. The first kappa shape index (κ1) is 14.6. The number of nitrogens with two attached hydrogens (primary N) is 1. The fraction of sp³-hybridized carbons (Fsp3) is 0.133. The second-order valence-electron chi connectivity index (χ2n) is 4.88. The average molecular weight is 319 g/mol. The van der Waals surface area contributed by atoms with E-state index in [1.54, 1.807) is 0 Å². The monoisotopic (exact) mass is 319 g/mol. The molecular weight excluding hydrogens is 306 g/mol. The molecule has 1 aliphatic rings. The fourth-order valence-corrected chi connectivity index (χ4v) is 2.71. The highest BCUT2D eigenvalue weighted by Gasteiger charge is 2.28. The third kappa shape index (κ3) is 3.10. The summed E-state index contributed by atoms with van der Waals surface area (Å²) in [6.45, 7) is 0. The molecule has 2 aromatic carbocycles. The van der Waals surface area contributed by atoms with Gasteiger partial charge < -0.3 is 8.92 Å². The van der Waals surface area contributed by atoms with Crippen molar-refractivity contribution in [1.82, 2.24) is 0 Å². The van der Waals surface area contributed by atoms with Crippen molar-refractivity contribution in [1.29, 1.82) is 0 Å². The van der Waals surface area contributed by atoms with Gasteiger partial charge in [-0.2, -0.15) is 13.6 Å². The van der Waals surface area contributed by atoms with Crippen LogP contribution in [0.25, 0.3) is 0 Å². The standard InChI is InChI=1S/C15H13NO5S/c16-22(18,19)21-11-6-7-14-12(8-11)13(17)9-15(20-14)10-4-2-1-3-5-10/h1-8,15H,9H2,(H2,16,18,19)/t15-/m0/s1. The molecule has 1 heterocycles. The van der Waals surface area contributed by atoms with Gasteiger partial charge in [0.15, 0.2) is 5.78 Å². The summed E-state index contributed by atoms with van der Waals surface area (Å²) in [5, 5.41) is 4.81. The zero-order valence-corrected chi connectivity index (χ0v) is 12.2. The Balaban J connectivity index is 1.91.